The van der Waals surface area contributed by atoms with Gasteiger partial charge in [0.25, 0.3) is 0 Å². The summed E-state index contributed by atoms with van der Waals surface area (Å²) >= 11 is 12.0. The van der Waals surface area contributed by atoms with Crippen LogP contribution in [0.5, 0.6) is 0 Å². The first kappa shape index (κ1) is 12.5. The van der Waals surface area contributed by atoms with Crippen LogP contribution in [0.3, 0.4) is 0 Å². The number of benzene rings is 1. The van der Waals surface area contributed by atoms with Crippen LogP contribution in [0.4, 0.5) is 5.69 Å². The van der Waals surface area contributed by atoms with E-state index in [1.165, 1.54) is 0 Å². The van der Waals surface area contributed by atoms with Crippen LogP contribution in [-0.4, -0.2) is 6.04 Å². The standard InChI is InChI=1S/C13H14Cl2N2/c14-10-3-6-12(15)13(7-10)17-11-4-1-9(8-16)2-5-11/h3,6-7,9,11,17H,1-2,4-5H2. The molecule has 1 aromatic carbocycles. The van der Waals surface area contributed by atoms with Crippen molar-refractivity contribution in [1.82, 2.24) is 0 Å². The fourth-order valence-electron chi connectivity index (χ4n) is 2.19. The highest BCUT2D eigenvalue weighted by Crippen LogP contribution is 2.30. The highest BCUT2D eigenvalue weighted by molar-refractivity contribution is 6.35. The molecule has 2 nitrogen and oxygen atoms in total. The van der Waals surface area contributed by atoms with Crippen LogP contribution in [0.15, 0.2) is 18.2 Å². The molecule has 0 atom stereocenters. The minimum absolute atomic E-state index is 0.225. The molecule has 1 aliphatic carbocycles. The number of hydrogen-bond acceptors (Lipinski definition) is 2. The van der Waals surface area contributed by atoms with Crippen molar-refractivity contribution in [3.63, 3.8) is 0 Å². The van der Waals surface area contributed by atoms with E-state index < -0.39 is 0 Å². The molecule has 0 saturated heterocycles. The van der Waals surface area contributed by atoms with Gasteiger partial charge in [0.1, 0.15) is 0 Å². The molecule has 0 amide bonds. The molecule has 0 aromatic heterocycles. The zero-order valence-corrected chi connectivity index (χ0v) is 10.9. The maximum absolute atomic E-state index is 8.84. The second kappa shape index (κ2) is 5.62. The molecule has 0 heterocycles. The SMILES string of the molecule is N#CC1CCC(Nc2cc(Cl)ccc2Cl)CC1. The summed E-state index contributed by atoms with van der Waals surface area (Å²) in [6, 6.07) is 8.16. The molecule has 0 aliphatic heterocycles. The predicted molar refractivity (Wildman–Crippen MR) is 71.4 cm³/mol. The number of anilines is 1. The van der Waals surface area contributed by atoms with Gasteiger partial charge in [-0.3, -0.25) is 0 Å². The number of hydrogen-bond donors (Lipinski definition) is 1. The first-order valence-electron chi connectivity index (χ1n) is 5.80. The van der Waals surface area contributed by atoms with Crippen molar-refractivity contribution in [1.29, 1.82) is 5.26 Å². The van der Waals surface area contributed by atoms with Crippen molar-refractivity contribution in [3.8, 4) is 6.07 Å². The van der Waals surface area contributed by atoms with Crippen LogP contribution in [0.1, 0.15) is 25.7 Å². The van der Waals surface area contributed by atoms with Crippen LogP contribution in [0, 0.1) is 17.2 Å². The number of nitriles is 1. The van der Waals surface area contributed by atoms with Crippen molar-refractivity contribution in [2.24, 2.45) is 5.92 Å². The largest absolute Gasteiger partial charge is 0.381 e. The average molecular weight is 269 g/mol. The van der Waals surface area contributed by atoms with Crippen molar-refractivity contribution >= 4 is 28.9 Å². The van der Waals surface area contributed by atoms with E-state index in [4.69, 9.17) is 28.5 Å². The van der Waals surface area contributed by atoms with Gasteiger partial charge in [0.05, 0.1) is 16.8 Å². The average Bonchev–Trinajstić information content (AvgIpc) is 2.35. The lowest BCUT2D eigenvalue weighted by Gasteiger charge is -2.26. The molecule has 1 aromatic rings. The van der Waals surface area contributed by atoms with Gasteiger partial charge in [0.2, 0.25) is 0 Å². The molecule has 0 spiro atoms. The lowest BCUT2D eigenvalue weighted by molar-refractivity contribution is 0.397. The quantitative estimate of drug-likeness (QED) is 0.858. The lowest BCUT2D eigenvalue weighted by atomic mass is 9.87. The molecular weight excluding hydrogens is 255 g/mol. The van der Waals surface area contributed by atoms with Crippen LogP contribution in [-0.2, 0) is 0 Å². The van der Waals surface area contributed by atoms with E-state index >= 15 is 0 Å². The van der Waals surface area contributed by atoms with E-state index in [9.17, 15) is 0 Å². The Morgan fingerprint density at radius 2 is 1.88 bits per heavy atom. The minimum Gasteiger partial charge on any atom is -0.381 e. The van der Waals surface area contributed by atoms with Gasteiger partial charge in [-0.15, -0.1) is 0 Å². The zero-order chi connectivity index (χ0) is 12.3. The molecule has 1 N–H and O–H groups in total. The maximum atomic E-state index is 8.84. The maximum Gasteiger partial charge on any atom is 0.0655 e. The fraction of sp³-hybridized carbons (Fsp3) is 0.462. The monoisotopic (exact) mass is 268 g/mol. The summed E-state index contributed by atoms with van der Waals surface area (Å²) in [5.41, 5.74) is 0.888. The van der Waals surface area contributed by atoms with Gasteiger partial charge in [0, 0.05) is 17.0 Å². The summed E-state index contributed by atoms with van der Waals surface area (Å²) in [6.45, 7) is 0. The summed E-state index contributed by atoms with van der Waals surface area (Å²) in [4.78, 5) is 0. The third-order valence-electron chi connectivity index (χ3n) is 3.20. The molecule has 4 heteroatoms. The molecule has 0 unspecified atom stereocenters. The summed E-state index contributed by atoms with van der Waals surface area (Å²) in [7, 11) is 0. The first-order valence-corrected chi connectivity index (χ1v) is 6.56. The summed E-state index contributed by atoms with van der Waals surface area (Å²) in [5.74, 6) is 0.225. The van der Waals surface area contributed by atoms with Crippen molar-refractivity contribution < 1.29 is 0 Å². The number of nitrogens with one attached hydrogen (secondary N) is 1. The summed E-state index contributed by atoms with van der Waals surface area (Å²) < 4.78 is 0. The normalized spacial score (nSPS) is 24.1. The molecule has 1 saturated carbocycles. The topological polar surface area (TPSA) is 35.8 Å². The Morgan fingerprint density at radius 3 is 2.53 bits per heavy atom. The fourth-order valence-corrected chi connectivity index (χ4v) is 2.54. The van der Waals surface area contributed by atoms with Gasteiger partial charge in [-0.1, -0.05) is 23.2 Å². The molecule has 1 fully saturated rings. The Labute approximate surface area is 112 Å². The van der Waals surface area contributed by atoms with E-state index in [2.05, 4.69) is 11.4 Å². The van der Waals surface area contributed by atoms with E-state index in [1.807, 2.05) is 6.07 Å². The Hall–Kier alpha value is -0.910. The molecule has 0 bridgehead atoms. The van der Waals surface area contributed by atoms with Gasteiger partial charge in [-0.2, -0.15) is 5.26 Å². The smallest absolute Gasteiger partial charge is 0.0655 e. The van der Waals surface area contributed by atoms with Crippen LogP contribution < -0.4 is 5.32 Å². The van der Waals surface area contributed by atoms with E-state index in [-0.39, 0.29) is 5.92 Å². The van der Waals surface area contributed by atoms with Crippen LogP contribution in [0.25, 0.3) is 0 Å². The first-order chi connectivity index (χ1) is 8.19. The van der Waals surface area contributed by atoms with Crippen LogP contribution in [0.2, 0.25) is 10.0 Å². The van der Waals surface area contributed by atoms with Crippen molar-refractivity contribution in [2.45, 2.75) is 31.7 Å². The number of nitrogens with zero attached hydrogens (tertiary/aromatic N) is 1. The van der Waals surface area contributed by atoms with Gasteiger partial charge < -0.3 is 5.32 Å². The third-order valence-corrected chi connectivity index (χ3v) is 3.76. The zero-order valence-electron chi connectivity index (χ0n) is 9.42. The van der Waals surface area contributed by atoms with Crippen LogP contribution >= 0.6 is 23.2 Å². The Kier molecular flexibility index (Phi) is 4.15. The highest BCUT2D eigenvalue weighted by atomic mass is 35.5. The summed E-state index contributed by atoms with van der Waals surface area (Å²) in [6.07, 6.45) is 3.96. The van der Waals surface area contributed by atoms with Gasteiger partial charge >= 0.3 is 0 Å². The molecule has 90 valence electrons. The molecule has 17 heavy (non-hydrogen) atoms. The minimum atomic E-state index is 0.225. The highest BCUT2D eigenvalue weighted by Gasteiger charge is 2.21. The third kappa shape index (κ3) is 3.28. The molecule has 2 rings (SSSR count). The van der Waals surface area contributed by atoms with Gasteiger partial charge in [-0.25, -0.2) is 0 Å². The van der Waals surface area contributed by atoms with E-state index in [1.54, 1.807) is 12.1 Å². The number of rotatable bonds is 2. The number of halogens is 2. The Morgan fingerprint density at radius 1 is 1.18 bits per heavy atom. The Balaban J connectivity index is 1.98. The molecule has 1 aliphatic rings. The van der Waals surface area contributed by atoms with Gasteiger partial charge in [0.15, 0.2) is 0 Å². The lowest BCUT2D eigenvalue weighted by Crippen LogP contribution is -2.25. The Bertz CT molecular complexity index is 432. The molecule has 0 radical (unpaired) electrons. The van der Waals surface area contributed by atoms with E-state index in [0.717, 1.165) is 31.4 Å². The van der Waals surface area contributed by atoms with Crippen molar-refractivity contribution in [3.05, 3.63) is 28.2 Å². The second-order valence-corrected chi connectivity index (χ2v) is 5.29. The predicted octanol–water partition coefficient (Wildman–Crippen LogP) is 4.49. The summed E-state index contributed by atoms with van der Waals surface area (Å²) in [5, 5.41) is 13.6. The van der Waals surface area contributed by atoms with E-state index in [0.29, 0.717) is 16.1 Å². The van der Waals surface area contributed by atoms with Gasteiger partial charge in [-0.05, 0) is 43.9 Å². The second-order valence-electron chi connectivity index (χ2n) is 4.45. The van der Waals surface area contributed by atoms with Crippen molar-refractivity contribution in [2.75, 3.05) is 5.32 Å². The molecular formula is C13H14Cl2N2.